The Bertz CT molecular complexity index is 3150. The Labute approximate surface area is 259 Å². The second-order valence-corrected chi connectivity index (χ2v) is 9.32. The van der Waals surface area contributed by atoms with Crippen molar-refractivity contribution in [2.45, 2.75) is 13.3 Å². The van der Waals surface area contributed by atoms with Crippen molar-refractivity contribution in [2.24, 2.45) is 0 Å². The summed E-state index contributed by atoms with van der Waals surface area (Å²) in [7, 11) is 0. The van der Waals surface area contributed by atoms with Gasteiger partial charge < -0.3 is 0 Å². The van der Waals surface area contributed by atoms with Crippen LogP contribution in [0.4, 0.5) is 0 Å². The molecule has 0 heteroatoms. The van der Waals surface area contributed by atoms with Gasteiger partial charge in [0.25, 0.3) is 0 Å². The van der Waals surface area contributed by atoms with Crippen molar-refractivity contribution in [3.05, 3.63) is 145 Å². The molecular formula is C40H28. The van der Waals surface area contributed by atoms with Gasteiger partial charge in [0, 0.05) is 0 Å². The van der Waals surface area contributed by atoms with Crippen LogP contribution in [0.2, 0.25) is 0 Å². The fourth-order valence-electron chi connectivity index (χ4n) is 5.57. The second kappa shape index (κ2) is 9.07. The molecule has 0 saturated heterocycles. The van der Waals surface area contributed by atoms with E-state index >= 15 is 0 Å². The first-order valence-corrected chi connectivity index (χ1v) is 12.7. The molecule has 8 aromatic carbocycles. The van der Waals surface area contributed by atoms with E-state index in [-0.39, 0.29) is 71.6 Å². The third-order valence-electron chi connectivity index (χ3n) is 7.27. The average Bonchev–Trinajstić information content (AvgIpc) is 3.21. The van der Waals surface area contributed by atoms with E-state index in [1.165, 1.54) is 0 Å². The summed E-state index contributed by atoms with van der Waals surface area (Å²) in [6, 6.07) is -3.26. The molecule has 8 aromatic rings. The molecule has 0 fully saturated rings. The van der Waals surface area contributed by atoms with E-state index in [4.69, 9.17) is 12.3 Å². The maximum Gasteiger partial charge on any atom is 0.0636 e. The summed E-state index contributed by atoms with van der Waals surface area (Å²) < 4.78 is 163. The highest BCUT2D eigenvalue weighted by Crippen LogP contribution is 2.46. The predicted octanol–water partition coefficient (Wildman–Crippen LogP) is 11.3. The first kappa shape index (κ1) is 11.3. The fourth-order valence-corrected chi connectivity index (χ4v) is 5.57. The van der Waals surface area contributed by atoms with Crippen molar-refractivity contribution in [2.75, 3.05) is 0 Å². The van der Waals surface area contributed by atoms with Gasteiger partial charge in [0.1, 0.15) is 0 Å². The average molecular weight is 527 g/mol. The Morgan fingerprint density at radius 1 is 0.475 bits per heavy atom. The molecule has 0 aliphatic carbocycles. The maximum atomic E-state index is 9.55. The van der Waals surface area contributed by atoms with Crippen molar-refractivity contribution >= 4 is 53.9 Å². The lowest BCUT2D eigenvalue weighted by Crippen LogP contribution is -1.92. The van der Waals surface area contributed by atoms with Crippen LogP contribution in [0, 0.1) is 0 Å². The van der Waals surface area contributed by atoms with Gasteiger partial charge in [-0.05, 0) is 94.1 Å². The summed E-state index contributed by atoms with van der Waals surface area (Å²) >= 11 is 0. The number of fused-ring (bicyclic) bond motifs is 6. The zero-order valence-electron chi connectivity index (χ0n) is 39.1. The molecule has 0 unspecified atom stereocenters. The van der Waals surface area contributed by atoms with Gasteiger partial charge in [-0.3, -0.25) is 0 Å². The summed E-state index contributed by atoms with van der Waals surface area (Å²) in [5.74, 6) is 0. The van der Waals surface area contributed by atoms with Crippen LogP contribution >= 0.6 is 0 Å². The largest absolute Gasteiger partial charge is 0.0636 e. The fraction of sp³-hybridized carbons (Fsp3) is 0.0500. The van der Waals surface area contributed by atoms with Crippen molar-refractivity contribution < 1.29 is 24.7 Å². The molecule has 0 N–H and O–H groups in total. The van der Waals surface area contributed by atoms with Gasteiger partial charge in [0.15, 0.2) is 0 Å². The van der Waals surface area contributed by atoms with Crippen molar-refractivity contribution in [3.8, 4) is 22.3 Å². The number of hydrogen-bond acceptors (Lipinski definition) is 0. The van der Waals surface area contributed by atoms with E-state index in [1.54, 1.807) is 37.3 Å². The zero-order chi connectivity index (χ0) is 42.3. The van der Waals surface area contributed by atoms with Crippen LogP contribution in [0.25, 0.3) is 76.1 Å². The van der Waals surface area contributed by atoms with Gasteiger partial charge in [0.05, 0.1) is 24.7 Å². The Morgan fingerprint density at radius 2 is 1.05 bits per heavy atom. The van der Waals surface area contributed by atoms with Crippen molar-refractivity contribution in [1.29, 1.82) is 0 Å². The molecule has 0 aliphatic heterocycles. The van der Waals surface area contributed by atoms with E-state index in [1.807, 2.05) is 0 Å². The Morgan fingerprint density at radius 3 is 1.73 bits per heavy atom. The number of rotatable bonds is 3. The Balaban J connectivity index is 1.80. The summed E-state index contributed by atoms with van der Waals surface area (Å²) in [6.07, 6.45) is 0.0549. The van der Waals surface area contributed by atoms with Gasteiger partial charge in [-0.2, -0.15) is 0 Å². The lowest BCUT2D eigenvalue weighted by atomic mass is 9.84. The molecule has 8 rings (SSSR count). The van der Waals surface area contributed by atoms with E-state index in [0.29, 0.717) is 5.56 Å². The summed E-state index contributed by atoms with van der Waals surface area (Å²) in [6.45, 7) is 1.66. The lowest BCUT2D eigenvalue weighted by Gasteiger charge is -2.19. The topological polar surface area (TPSA) is 0 Å². The van der Waals surface area contributed by atoms with Crippen LogP contribution in [-0.2, 0) is 6.42 Å². The van der Waals surface area contributed by atoms with E-state index in [2.05, 4.69) is 0 Å². The summed E-state index contributed by atoms with van der Waals surface area (Å²) in [5, 5.41) is -2.30. The van der Waals surface area contributed by atoms with Gasteiger partial charge in [-0.25, -0.2) is 0 Å². The zero-order valence-corrected chi connectivity index (χ0v) is 21.1. The molecule has 0 amide bonds. The van der Waals surface area contributed by atoms with Crippen LogP contribution in [0.15, 0.2) is 139 Å². The van der Waals surface area contributed by atoms with Crippen LogP contribution in [-0.4, -0.2) is 0 Å². The SMILES string of the molecule is [2H]c1c([2H])c([2H])c2c(-c3c([2H])c([2H])c([2H])c4c3c([2H])c([2H])c3c(CC)c5c([2H])c([2H])c([2H])c([2H])c5c([2H])c34)c3c([2H])c([2H])c([2H])c([2H])c3c(-c3ccccc3)c2c1[2H]. The Hall–Kier alpha value is -4.94. The molecule has 0 heterocycles. The third-order valence-corrected chi connectivity index (χ3v) is 7.27. The molecule has 0 radical (unpaired) electrons. The minimum atomic E-state index is -0.774. The minimum Gasteiger partial charge on any atom is -0.0622 e. The number of hydrogen-bond donors (Lipinski definition) is 0. The summed E-state index contributed by atoms with van der Waals surface area (Å²) in [4.78, 5) is 0. The van der Waals surface area contributed by atoms with Crippen LogP contribution in [0.5, 0.6) is 0 Å². The smallest absolute Gasteiger partial charge is 0.0622 e. The van der Waals surface area contributed by atoms with Crippen LogP contribution < -0.4 is 0 Å². The molecule has 188 valence electrons. The molecule has 0 aliphatic rings. The quantitative estimate of drug-likeness (QED) is 0.159. The van der Waals surface area contributed by atoms with E-state index in [0.717, 1.165) is 0 Å². The van der Waals surface area contributed by atoms with Gasteiger partial charge in [-0.1, -0.05) is 140 Å². The van der Waals surface area contributed by atoms with Crippen molar-refractivity contribution in [1.82, 2.24) is 0 Å². The van der Waals surface area contributed by atoms with Gasteiger partial charge >= 0.3 is 0 Å². The monoisotopic (exact) mass is 526 g/mol. The molecule has 40 heavy (non-hydrogen) atoms. The molecule has 0 spiro atoms. The van der Waals surface area contributed by atoms with Gasteiger partial charge in [-0.15, -0.1) is 0 Å². The lowest BCUT2D eigenvalue weighted by molar-refractivity contribution is 1.18. The first-order chi connectivity index (χ1) is 27.3. The standard InChI is InChI=1S/C40H28/c1-2-28-29-16-7-6-15-27(29)25-38-30-21-12-22-33(32(30)24-23-31(28)38)40-36-19-10-8-17-34(36)39(26-13-4-3-5-14-26)35-18-9-11-20-37(35)40/h3-25H,2H2,1H3/i6D,7D,8D,9D,10D,11D,12D,15D,16D,17D,18D,19D,20D,21D,22D,23D,24D,25D. The van der Waals surface area contributed by atoms with E-state index < -0.39 is 120 Å². The highest BCUT2D eigenvalue weighted by atomic mass is 14.2. The second-order valence-electron chi connectivity index (χ2n) is 9.32. The molecule has 0 aromatic heterocycles. The highest BCUT2D eigenvalue weighted by Gasteiger charge is 2.18. The third kappa shape index (κ3) is 3.33. The molecule has 0 nitrogen and oxygen atoms in total. The number of benzene rings is 8. The maximum absolute atomic E-state index is 9.55. The minimum absolute atomic E-state index is 0.0340. The molecule has 0 bridgehead atoms. The highest BCUT2D eigenvalue weighted by molar-refractivity contribution is 6.25. The van der Waals surface area contributed by atoms with Crippen LogP contribution in [0.3, 0.4) is 0 Å². The van der Waals surface area contributed by atoms with Crippen LogP contribution in [0.1, 0.15) is 37.2 Å². The Kier molecular flexibility index (Phi) is 2.56. The van der Waals surface area contributed by atoms with Crippen molar-refractivity contribution in [3.63, 3.8) is 0 Å². The normalized spacial score (nSPS) is 18.0. The predicted molar refractivity (Wildman–Crippen MR) is 174 cm³/mol. The molecule has 0 atom stereocenters. The van der Waals surface area contributed by atoms with E-state index in [9.17, 15) is 12.3 Å². The molecule has 0 saturated carbocycles. The first-order valence-electron chi connectivity index (χ1n) is 21.7. The number of aryl methyl sites for hydroxylation is 1. The summed E-state index contributed by atoms with van der Waals surface area (Å²) in [5.41, 5.74) is -0.271. The van der Waals surface area contributed by atoms with Gasteiger partial charge in [0.2, 0.25) is 0 Å². The molecular weight excluding hydrogens is 480 g/mol.